The zero-order chi connectivity index (χ0) is 44.4. The van der Waals surface area contributed by atoms with Crippen LogP contribution in [0.4, 0.5) is 0 Å². The van der Waals surface area contributed by atoms with E-state index < -0.39 is 12.1 Å². The molecule has 0 aliphatic heterocycles. The van der Waals surface area contributed by atoms with E-state index in [0.717, 1.165) is 81.8 Å². The van der Waals surface area contributed by atoms with Crippen LogP contribution in [0.1, 0.15) is 190 Å². The summed E-state index contributed by atoms with van der Waals surface area (Å²) in [6, 6.07) is -0.639. The Morgan fingerprint density at radius 3 is 2.16 bits per heavy atom. The fourth-order valence-electron chi connectivity index (χ4n) is 12.1. The molecule has 0 aromatic heterocycles. The average Bonchev–Trinajstić information content (AvgIpc) is 3.58. The maximum absolute atomic E-state index is 13.6. The molecule has 3 N–H and O–H groups in total. The van der Waals surface area contributed by atoms with Crippen molar-refractivity contribution in [2.45, 2.75) is 208 Å². The highest BCUT2D eigenvalue weighted by Crippen LogP contribution is 2.67. The van der Waals surface area contributed by atoms with Crippen molar-refractivity contribution in [1.29, 1.82) is 0 Å². The van der Waals surface area contributed by atoms with Gasteiger partial charge in [0.05, 0.1) is 24.9 Å². The largest absolute Gasteiger partial charge is 0.396 e. The highest BCUT2D eigenvalue weighted by molar-refractivity contribution is 6.01. The highest BCUT2D eigenvalue weighted by Gasteiger charge is 2.61. The Labute approximate surface area is 373 Å². The molecular formula is C55H89NO5. The van der Waals surface area contributed by atoms with Gasteiger partial charge in [0.1, 0.15) is 0 Å². The summed E-state index contributed by atoms with van der Waals surface area (Å²) in [5.74, 6) is 1.92. The van der Waals surface area contributed by atoms with Crippen LogP contribution in [0.2, 0.25) is 0 Å². The molecule has 344 valence electrons. The Morgan fingerprint density at radius 1 is 0.852 bits per heavy atom. The van der Waals surface area contributed by atoms with E-state index in [9.17, 15) is 19.8 Å². The van der Waals surface area contributed by atoms with Gasteiger partial charge in [0.2, 0.25) is 5.91 Å². The number of hydrogen-bond donors (Lipinski definition) is 3. The third-order valence-electron chi connectivity index (χ3n) is 15.6. The number of rotatable bonds is 27. The number of fused-ring (bicyclic) bond motifs is 5. The molecule has 4 rings (SSSR count). The molecule has 0 radical (unpaired) electrons. The van der Waals surface area contributed by atoms with Crippen LogP contribution >= 0.6 is 0 Å². The van der Waals surface area contributed by atoms with Gasteiger partial charge in [-0.3, -0.25) is 9.59 Å². The second-order valence-corrected chi connectivity index (χ2v) is 20.7. The topological polar surface area (TPSA) is 95.9 Å². The molecule has 0 aromatic carbocycles. The quantitative estimate of drug-likeness (QED) is 0.0435. The van der Waals surface area contributed by atoms with Gasteiger partial charge in [0, 0.05) is 18.1 Å². The van der Waals surface area contributed by atoms with Crippen molar-refractivity contribution < 1.29 is 24.5 Å². The van der Waals surface area contributed by atoms with Crippen molar-refractivity contribution in [1.82, 2.24) is 5.32 Å². The zero-order valence-electron chi connectivity index (χ0n) is 40.1. The van der Waals surface area contributed by atoms with Crippen molar-refractivity contribution in [2.75, 3.05) is 13.2 Å². The minimum Gasteiger partial charge on any atom is -0.396 e. The Morgan fingerprint density at radius 2 is 1.51 bits per heavy atom. The molecule has 4 aliphatic carbocycles. The van der Waals surface area contributed by atoms with Crippen LogP contribution in [0.3, 0.4) is 0 Å². The Balaban J connectivity index is 1.49. The van der Waals surface area contributed by atoms with Crippen molar-refractivity contribution in [3.8, 4) is 0 Å². The van der Waals surface area contributed by atoms with E-state index in [1.165, 1.54) is 75.4 Å². The average molecular weight is 844 g/mol. The van der Waals surface area contributed by atoms with Crippen molar-refractivity contribution in [3.05, 3.63) is 70.9 Å². The van der Waals surface area contributed by atoms with Gasteiger partial charge in [0.15, 0.2) is 5.78 Å². The maximum Gasteiger partial charge on any atom is 0.244 e. The number of unbranched alkanes of at least 4 members (excludes halogenated alkanes) is 11. The summed E-state index contributed by atoms with van der Waals surface area (Å²) in [5.41, 5.74) is 4.64. The molecule has 3 saturated carbocycles. The number of allylic oxidation sites excluding steroid dienone is 9. The first-order valence-electron chi connectivity index (χ1n) is 25.0. The van der Waals surface area contributed by atoms with E-state index in [2.05, 4.69) is 84.2 Å². The van der Waals surface area contributed by atoms with E-state index in [0.29, 0.717) is 23.7 Å². The molecule has 0 spiro atoms. The molecule has 0 aromatic rings. The number of hydrogen-bond acceptors (Lipinski definition) is 5. The van der Waals surface area contributed by atoms with Gasteiger partial charge >= 0.3 is 0 Å². The molecular weight excluding hydrogens is 755 g/mol. The standard InChI is InChI=1S/C55H89NO5/c1-9-10-11-12-13-14-15-16-17-18-19-20-21-28-51(50(39-58)56-53(60)35-42(5)27-23-26-41(4)25-22-24-40(2)3)61-52-37-45-47-30-29-46(43(6)38-57)54(47,7)34-32-48(45)55(8)33-31-44(59)36-49(52)55/h21,24,26,28,31,33,35-36,43,45-48,50-52,57-58H,9-20,22-23,25,27,29-30,32,34,37-39H2,1-8H3,(H,56,60)/b28-21+,41-26+,42-35+/t43?,45?,46?,47?,48?,50-,51+,52?,54+,55+/m0/s1. The molecule has 61 heavy (non-hydrogen) atoms. The van der Waals surface area contributed by atoms with E-state index >= 15 is 0 Å². The van der Waals surface area contributed by atoms with Gasteiger partial charge in [-0.15, -0.1) is 0 Å². The fraction of sp³-hybridized carbons (Fsp3) is 0.745. The number of nitrogens with one attached hydrogen (secondary N) is 1. The van der Waals surface area contributed by atoms with Gasteiger partial charge in [-0.25, -0.2) is 0 Å². The number of carbonyl (C=O) groups is 2. The number of amides is 1. The lowest BCUT2D eigenvalue weighted by atomic mass is 9.47. The summed E-state index contributed by atoms with van der Waals surface area (Å²) >= 11 is 0. The lowest BCUT2D eigenvalue weighted by Gasteiger charge is -2.59. The fourth-order valence-corrected chi connectivity index (χ4v) is 12.1. The summed E-state index contributed by atoms with van der Waals surface area (Å²) in [6.45, 7) is 17.7. The van der Waals surface area contributed by atoms with Gasteiger partial charge in [-0.2, -0.15) is 0 Å². The molecule has 4 aliphatic rings. The molecule has 6 heteroatoms. The summed E-state index contributed by atoms with van der Waals surface area (Å²) in [5, 5.41) is 24.3. The van der Waals surface area contributed by atoms with Crippen LogP contribution in [-0.2, 0) is 14.3 Å². The van der Waals surface area contributed by atoms with Crippen molar-refractivity contribution in [3.63, 3.8) is 0 Å². The molecule has 6 nitrogen and oxygen atoms in total. The first-order valence-corrected chi connectivity index (χ1v) is 25.0. The molecule has 6 unspecified atom stereocenters. The van der Waals surface area contributed by atoms with Crippen LogP contribution in [0, 0.1) is 40.4 Å². The van der Waals surface area contributed by atoms with Gasteiger partial charge in [-0.05, 0) is 151 Å². The summed E-state index contributed by atoms with van der Waals surface area (Å²) in [7, 11) is 0. The third-order valence-corrected chi connectivity index (χ3v) is 15.6. The molecule has 3 fully saturated rings. The second kappa shape index (κ2) is 25.7. The second-order valence-electron chi connectivity index (χ2n) is 20.7. The lowest BCUT2D eigenvalue weighted by molar-refractivity contribution is -0.121. The molecule has 10 atom stereocenters. The van der Waals surface area contributed by atoms with Crippen LogP contribution in [-0.4, -0.2) is 53.4 Å². The van der Waals surface area contributed by atoms with Crippen LogP contribution in [0.15, 0.2) is 70.9 Å². The Kier molecular flexibility index (Phi) is 21.5. The lowest BCUT2D eigenvalue weighted by Crippen LogP contribution is -2.55. The van der Waals surface area contributed by atoms with E-state index in [4.69, 9.17) is 4.74 Å². The van der Waals surface area contributed by atoms with E-state index in [1.807, 2.05) is 13.0 Å². The monoisotopic (exact) mass is 844 g/mol. The van der Waals surface area contributed by atoms with Crippen LogP contribution in [0.25, 0.3) is 0 Å². The van der Waals surface area contributed by atoms with Crippen LogP contribution in [0.5, 0.6) is 0 Å². The minimum atomic E-state index is -0.639. The SMILES string of the molecule is CCCCCCCCCCCCC/C=C/[C@@H](OC1CC2C3CCC(C(C)CO)[C@@]3(C)CCC2[C@@]2(C)C=CC(=O)C=C12)[C@H](CO)NC(=O)/C=C(\C)CC/C=C(\C)CCC=C(C)C. The normalized spacial score (nSPS) is 29.1. The summed E-state index contributed by atoms with van der Waals surface area (Å²) < 4.78 is 7.22. The first-order chi connectivity index (χ1) is 29.3. The summed E-state index contributed by atoms with van der Waals surface area (Å²) in [4.78, 5) is 26.7. The highest BCUT2D eigenvalue weighted by atomic mass is 16.5. The minimum absolute atomic E-state index is 0.00650. The number of aliphatic hydroxyl groups excluding tert-OH is 2. The zero-order valence-corrected chi connectivity index (χ0v) is 40.1. The molecule has 0 bridgehead atoms. The first kappa shape index (κ1) is 51.1. The van der Waals surface area contributed by atoms with Crippen LogP contribution < -0.4 is 5.32 Å². The number of ether oxygens (including phenoxy) is 1. The number of ketones is 1. The van der Waals surface area contributed by atoms with E-state index in [1.54, 1.807) is 12.2 Å². The summed E-state index contributed by atoms with van der Waals surface area (Å²) in [6.07, 6.45) is 39.8. The van der Waals surface area contributed by atoms with Gasteiger partial charge in [0.25, 0.3) is 0 Å². The van der Waals surface area contributed by atoms with Gasteiger partial charge in [-0.1, -0.05) is 139 Å². The predicted molar refractivity (Wildman–Crippen MR) is 255 cm³/mol. The van der Waals surface area contributed by atoms with Gasteiger partial charge < -0.3 is 20.3 Å². The molecule has 0 saturated heterocycles. The van der Waals surface area contributed by atoms with Crippen molar-refractivity contribution >= 4 is 11.7 Å². The van der Waals surface area contributed by atoms with E-state index in [-0.39, 0.29) is 47.8 Å². The predicted octanol–water partition coefficient (Wildman–Crippen LogP) is 13.1. The Bertz CT molecular complexity index is 1560. The smallest absolute Gasteiger partial charge is 0.244 e. The number of carbonyl (C=O) groups excluding carboxylic acids is 2. The maximum atomic E-state index is 13.6. The Hall–Kier alpha value is -2.54. The molecule has 0 heterocycles. The third kappa shape index (κ3) is 14.8. The number of aliphatic hydroxyl groups is 2. The van der Waals surface area contributed by atoms with Crippen molar-refractivity contribution in [2.24, 2.45) is 40.4 Å². The molecule has 1 amide bonds.